The summed E-state index contributed by atoms with van der Waals surface area (Å²) in [6, 6.07) is 7.66. The molecular weight excluding hydrogens is 228 g/mol. The van der Waals surface area contributed by atoms with E-state index in [1.54, 1.807) is 4.68 Å². The second-order valence-electron chi connectivity index (χ2n) is 4.39. The van der Waals surface area contributed by atoms with E-state index in [9.17, 15) is 0 Å². The van der Waals surface area contributed by atoms with Crippen molar-refractivity contribution in [3.8, 4) is 5.75 Å². The van der Waals surface area contributed by atoms with Gasteiger partial charge in [0.15, 0.2) is 0 Å². The van der Waals surface area contributed by atoms with E-state index < -0.39 is 0 Å². The molecule has 0 spiro atoms. The van der Waals surface area contributed by atoms with Gasteiger partial charge >= 0.3 is 0 Å². The zero-order valence-electron chi connectivity index (χ0n) is 10.9. The molecule has 2 rings (SSSR count). The minimum Gasteiger partial charge on any atom is -0.485 e. The molecule has 0 saturated carbocycles. The lowest BCUT2D eigenvalue weighted by Crippen LogP contribution is -2.09. The first-order valence-corrected chi connectivity index (χ1v) is 5.74. The summed E-state index contributed by atoms with van der Waals surface area (Å²) < 4.78 is 7.45. The van der Waals surface area contributed by atoms with E-state index in [1.807, 2.05) is 56.5 Å². The summed E-state index contributed by atoms with van der Waals surface area (Å²) in [4.78, 5) is 2.01. The molecule has 0 amide bonds. The second kappa shape index (κ2) is 5.00. The number of nitrogens with zero attached hydrogens (tertiary/aromatic N) is 3. The first-order valence-electron chi connectivity index (χ1n) is 5.74. The van der Waals surface area contributed by atoms with Crippen LogP contribution in [0, 0.1) is 0 Å². The molecule has 0 aliphatic carbocycles. The highest BCUT2D eigenvalue weighted by molar-refractivity contribution is 5.61. The van der Waals surface area contributed by atoms with Crippen LogP contribution >= 0.6 is 0 Å². The number of aryl methyl sites for hydroxylation is 1. The van der Waals surface area contributed by atoms with Crippen molar-refractivity contribution in [2.75, 3.05) is 24.7 Å². The highest BCUT2D eigenvalue weighted by Gasteiger charge is 2.05. The third kappa shape index (κ3) is 2.74. The number of hydrogen-bond donors (Lipinski definition) is 1. The topological polar surface area (TPSA) is 56.3 Å². The summed E-state index contributed by atoms with van der Waals surface area (Å²) in [5.41, 5.74) is 8.46. The number of aromatic nitrogens is 2. The number of hydrogen-bond acceptors (Lipinski definition) is 4. The molecule has 0 aliphatic heterocycles. The van der Waals surface area contributed by atoms with Gasteiger partial charge in [-0.05, 0) is 18.2 Å². The molecule has 96 valence electrons. The summed E-state index contributed by atoms with van der Waals surface area (Å²) in [6.45, 7) is 0.419. The van der Waals surface area contributed by atoms with E-state index in [1.165, 1.54) is 0 Å². The maximum absolute atomic E-state index is 5.89. The normalized spacial score (nSPS) is 10.4. The van der Waals surface area contributed by atoms with Gasteiger partial charge in [-0.1, -0.05) is 0 Å². The Balaban J connectivity index is 2.10. The summed E-state index contributed by atoms with van der Waals surface area (Å²) in [6.07, 6.45) is 1.89. The Morgan fingerprint density at radius 3 is 2.72 bits per heavy atom. The SMILES string of the molecule is CN(C)c1ccc(N)c(OCc2ccn(C)n2)c1. The van der Waals surface area contributed by atoms with Crippen molar-refractivity contribution < 1.29 is 4.74 Å². The van der Waals surface area contributed by atoms with Gasteiger partial charge in [-0.15, -0.1) is 0 Å². The van der Waals surface area contributed by atoms with Crippen LogP contribution in [-0.2, 0) is 13.7 Å². The molecule has 0 fully saturated rings. The van der Waals surface area contributed by atoms with Crippen molar-refractivity contribution >= 4 is 11.4 Å². The monoisotopic (exact) mass is 246 g/mol. The van der Waals surface area contributed by atoms with E-state index in [0.29, 0.717) is 18.0 Å². The smallest absolute Gasteiger partial charge is 0.144 e. The standard InChI is InChI=1S/C13H18N4O/c1-16(2)11-4-5-12(14)13(8-11)18-9-10-6-7-17(3)15-10/h4-8H,9,14H2,1-3H3. The van der Waals surface area contributed by atoms with E-state index in [0.717, 1.165) is 11.4 Å². The Labute approximate surface area is 107 Å². The number of nitrogens with two attached hydrogens (primary N) is 1. The van der Waals surface area contributed by atoms with Crippen LogP contribution < -0.4 is 15.4 Å². The molecule has 0 saturated heterocycles. The van der Waals surface area contributed by atoms with Crippen LogP contribution in [-0.4, -0.2) is 23.9 Å². The number of nitrogen functional groups attached to an aromatic ring is 1. The fourth-order valence-corrected chi connectivity index (χ4v) is 1.62. The molecule has 18 heavy (non-hydrogen) atoms. The molecule has 0 aliphatic rings. The Bertz CT molecular complexity index is 534. The van der Waals surface area contributed by atoms with Crippen LogP contribution in [0.25, 0.3) is 0 Å². The van der Waals surface area contributed by atoms with E-state index in [2.05, 4.69) is 5.10 Å². The average Bonchev–Trinajstić information content (AvgIpc) is 2.74. The zero-order chi connectivity index (χ0) is 13.1. The fraction of sp³-hybridized carbons (Fsp3) is 0.308. The second-order valence-corrected chi connectivity index (χ2v) is 4.39. The molecule has 5 heteroatoms. The predicted molar refractivity (Wildman–Crippen MR) is 72.7 cm³/mol. The third-order valence-corrected chi connectivity index (χ3v) is 2.66. The van der Waals surface area contributed by atoms with Gasteiger partial charge in [-0.3, -0.25) is 4.68 Å². The van der Waals surface area contributed by atoms with Crippen LogP contribution in [0.2, 0.25) is 0 Å². The van der Waals surface area contributed by atoms with Gasteiger partial charge in [0.25, 0.3) is 0 Å². The van der Waals surface area contributed by atoms with Gasteiger partial charge in [0.2, 0.25) is 0 Å². The van der Waals surface area contributed by atoms with Crippen molar-refractivity contribution in [1.29, 1.82) is 0 Å². The Kier molecular flexibility index (Phi) is 3.41. The van der Waals surface area contributed by atoms with Gasteiger partial charge < -0.3 is 15.4 Å². The lowest BCUT2D eigenvalue weighted by molar-refractivity contribution is 0.302. The van der Waals surface area contributed by atoms with Gasteiger partial charge in [0.1, 0.15) is 12.4 Å². The van der Waals surface area contributed by atoms with Crippen LogP contribution in [0.1, 0.15) is 5.69 Å². The van der Waals surface area contributed by atoms with Crippen molar-refractivity contribution in [2.45, 2.75) is 6.61 Å². The Hall–Kier alpha value is -2.17. The molecule has 0 bridgehead atoms. The molecule has 1 aromatic heterocycles. The summed E-state index contributed by atoms with van der Waals surface area (Å²) in [7, 11) is 5.84. The van der Waals surface area contributed by atoms with Crippen LogP contribution in [0.15, 0.2) is 30.5 Å². The summed E-state index contributed by atoms with van der Waals surface area (Å²) in [5, 5.41) is 4.25. The lowest BCUT2D eigenvalue weighted by Gasteiger charge is -2.15. The summed E-state index contributed by atoms with van der Waals surface area (Å²) in [5.74, 6) is 0.687. The van der Waals surface area contributed by atoms with Crippen molar-refractivity contribution in [1.82, 2.24) is 9.78 Å². The maximum Gasteiger partial charge on any atom is 0.144 e. The van der Waals surface area contributed by atoms with Crippen LogP contribution in [0.3, 0.4) is 0 Å². The van der Waals surface area contributed by atoms with Crippen LogP contribution in [0.5, 0.6) is 5.75 Å². The zero-order valence-corrected chi connectivity index (χ0v) is 10.9. The number of rotatable bonds is 4. The Morgan fingerprint density at radius 2 is 2.11 bits per heavy atom. The molecule has 0 radical (unpaired) electrons. The minimum absolute atomic E-state index is 0.419. The van der Waals surface area contributed by atoms with Gasteiger partial charge in [-0.25, -0.2) is 0 Å². The van der Waals surface area contributed by atoms with E-state index >= 15 is 0 Å². The van der Waals surface area contributed by atoms with Crippen molar-refractivity contribution in [2.24, 2.45) is 7.05 Å². The quantitative estimate of drug-likeness (QED) is 0.833. The highest BCUT2D eigenvalue weighted by atomic mass is 16.5. The lowest BCUT2D eigenvalue weighted by atomic mass is 10.2. The number of anilines is 2. The molecule has 2 N–H and O–H groups in total. The van der Waals surface area contributed by atoms with Gasteiger partial charge in [0.05, 0.1) is 11.4 Å². The highest BCUT2D eigenvalue weighted by Crippen LogP contribution is 2.27. The largest absolute Gasteiger partial charge is 0.485 e. The number of benzene rings is 1. The maximum atomic E-state index is 5.89. The van der Waals surface area contributed by atoms with Crippen molar-refractivity contribution in [3.63, 3.8) is 0 Å². The van der Waals surface area contributed by atoms with Crippen LogP contribution in [0.4, 0.5) is 11.4 Å². The molecule has 5 nitrogen and oxygen atoms in total. The fourth-order valence-electron chi connectivity index (χ4n) is 1.62. The Morgan fingerprint density at radius 1 is 1.33 bits per heavy atom. The molecular formula is C13H18N4O. The molecule has 0 unspecified atom stereocenters. The predicted octanol–water partition coefficient (Wildman–Crippen LogP) is 1.65. The summed E-state index contributed by atoms with van der Waals surface area (Å²) >= 11 is 0. The minimum atomic E-state index is 0.419. The molecule has 1 heterocycles. The third-order valence-electron chi connectivity index (χ3n) is 2.66. The van der Waals surface area contributed by atoms with Gasteiger partial charge in [0, 0.05) is 39.1 Å². The van der Waals surface area contributed by atoms with E-state index in [4.69, 9.17) is 10.5 Å². The average molecular weight is 246 g/mol. The molecule has 1 aromatic carbocycles. The number of ether oxygens (including phenoxy) is 1. The molecule has 0 atom stereocenters. The van der Waals surface area contributed by atoms with E-state index in [-0.39, 0.29) is 0 Å². The molecule has 2 aromatic rings. The van der Waals surface area contributed by atoms with Crippen molar-refractivity contribution in [3.05, 3.63) is 36.2 Å². The first-order chi connectivity index (χ1) is 8.56. The first kappa shape index (κ1) is 12.3. The van der Waals surface area contributed by atoms with Gasteiger partial charge in [-0.2, -0.15) is 5.10 Å².